The highest BCUT2D eigenvalue weighted by Crippen LogP contribution is 2.24. The van der Waals surface area contributed by atoms with Crippen LogP contribution in [0.25, 0.3) is 5.65 Å². The zero-order valence-corrected chi connectivity index (χ0v) is 12.6. The second kappa shape index (κ2) is 5.13. The number of imidazole rings is 1. The van der Waals surface area contributed by atoms with Gasteiger partial charge in [-0.25, -0.2) is 4.98 Å². The lowest BCUT2D eigenvalue weighted by Gasteiger charge is -2.11. The van der Waals surface area contributed by atoms with Gasteiger partial charge in [0.05, 0.1) is 5.69 Å². The fourth-order valence-corrected chi connectivity index (χ4v) is 2.46. The van der Waals surface area contributed by atoms with Gasteiger partial charge < -0.3 is 14.9 Å². The summed E-state index contributed by atoms with van der Waals surface area (Å²) in [4.78, 5) is 4.58. The first kappa shape index (κ1) is 13.5. The molecule has 0 aliphatic carbocycles. The van der Waals surface area contributed by atoms with Gasteiger partial charge in [0.15, 0.2) is 11.4 Å². The number of nitrogen functional groups attached to an aromatic ring is 1. The molecule has 0 spiro atoms. The first-order valence-corrected chi connectivity index (χ1v) is 6.99. The monoisotopic (exact) mass is 281 g/mol. The largest absolute Gasteiger partial charge is 0.485 e. The van der Waals surface area contributed by atoms with Crippen molar-refractivity contribution in [2.75, 3.05) is 5.73 Å². The highest BCUT2D eigenvalue weighted by atomic mass is 16.5. The van der Waals surface area contributed by atoms with Crippen molar-refractivity contribution in [2.24, 2.45) is 0 Å². The highest BCUT2D eigenvalue weighted by Gasteiger charge is 2.10. The van der Waals surface area contributed by atoms with Crippen LogP contribution in [-0.2, 0) is 6.61 Å². The maximum atomic E-state index is 6.03. The number of pyridine rings is 1. The van der Waals surface area contributed by atoms with Crippen LogP contribution in [0.4, 0.5) is 5.69 Å². The van der Waals surface area contributed by atoms with Crippen LogP contribution in [-0.4, -0.2) is 9.38 Å². The lowest BCUT2D eigenvalue weighted by molar-refractivity contribution is 0.308. The Balaban J connectivity index is 1.94. The molecule has 0 aliphatic rings. The quantitative estimate of drug-likeness (QED) is 0.748. The van der Waals surface area contributed by atoms with E-state index >= 15 is 0 Å². The van der Waals surface area contributed by atoms with E-state index in [0.717, 1.165) is 39.6 Å². The lowest BCUT2D eigenvalue weighted by atomic mass is 10.1. The standard InChI is InChI=1S/C17H19N3O/c1-11-6-4-7-15(18)14(11)10-21-16-8-5-9-20-13(3)12(2)19-17(16)20/h4-9H,10,18H2,1-3H3. The number of hydrogen-bond acceptors (Lipinski definition) is 3. The van der Waals surface area contributed by atoms with E-state index in [1.165, 1.54) is 0 Å². The van der Waals surface area contributed by atoms with Crippen LogP contribution < -0.4 is 10.5 Å². The van der Waals surface area contributed by atoms with E-state index in [0.29, 0.717) is 6.61 Å². The summed E-state index contributed by atoms with van der Waals surface area (Å²) >= 11 is 0. The summed E-state index contributed by atoms with van der Waals surface area (Å²) in [5.74, 6) is 0.774. The number of rotatable bonds is 3. The molecule has 108 valence electrons. The highest BCUT2D eigenvalue weighted by molar-refractivity contribution is 5.56. The minimum Gasteiger partial charge on any atom is -0.485 e. The van der Waals surface area contributed by atoms with Crippen molar-refractivity contribution in [3.8, 4) is 5.75 Å². The van der Waals surface area contributed by atoms with E-state index in [-0.39, 0.29) is 0 Å². The molecule has 0 atom stereocenters. The number of fused-ring (bicyclic) bond motifs is 1. The predicted molar refractivity (Wildman–Crippen MR) is 84.6 cm³/mol. The molecule has 0 saturated heterocycles. The number of anilines is 1. The molecular formula is C17H19N3O. The zero-order valence-electron chi connectivity index (χ0n) is 12.6. The lowest BCUT2D eigenvalue weighted by Crippen LogP contribution is -2.03. The van der Waals surface area contributed by atoms with Crippen molar-refractivity contribution >= 4 is 11.3 Å². The first-order chi connectivity index (χ1) is 10.1. The zero-order chi connectivity index (χ0) is 15.0. The van der Waals surface area contributed by atoms with Crippen molar-refractivity contribution in [2.45, 2.75) is 27.4 Å². The van der Waals surface area contributed by atoms with Gasteiger partial charge in [-0.05, 0) is 44.5 Å². The molecule has 2 heterocycles. The molecule has 4 nitrogen and oxygen atoms in total. The van der Waals surface area contributed by atoms with Crippen LogP contribution >= 0.6 is 0 Å². The Bertz CT molecular complexity index is 785. The van der Waals surface area contributed by atoms with Gasteiger partial charge >= 0.3 is 0 Å². The van der Waals surface area contributed by atoms with Gasteiger partial charge in [-0.1, -0.05) is 12.1 Å². The third kappa shape index (κ3) is 2.33. The summed E-state index contributed by atoms with van der Waals surface area (Å²) in [5, 5.41) is 0. The van der Waals surface area contributed by atoms with Crippen molar-refractivity contribution in [1.29, 1.82) is 0 Å². The van der Waals surface area contributed by atoms with E-state index in [2.05, 4.69) is 11.9 Å². The van der Waals surface area contributed by atoms with Crippen LogP contribution in [0.5, 0.6) is 5.75 Å². The molecule has 0 aliphatic heterocycles. The van der Waals surface area contributed by atoms with Crippen LogP contribution in [0.3, 0.4) is 0 Å². The van der Waals surface area contributed by atoms with Gasteiger partial charge in [0, 0.05) is 23.1 Å². The number of aromatic nitrogens is 2. The van der Waals surface area contributed by atoms with Crippen LogP contribution in [0.15, 0.2) is 36.5 Å². The Hall–Kier alpha value is -2.49. The second-order valence-corrected chi connectivity index (χ2v) is 5.28. The van der Waals surface area contributed by atoms with Gasteiger partial charge in [-0.3, -0.25) is 0 Å². The smallest absolute Gasteiger partial charge is 0.180 e. The van der Waals surface area contributed by atoms with Crippen molar-refractivity contribution in [3.63, 3.8) is 0 Å². The second-order valence-electron chi connectivity index (χ2n) is 5.28. The Kier molecular flexibility index (Phi) is 3.29. The molecule has 2 N–H and O–H groups in total. The summed E-state index contributed by atoms with van der Waals surface area (Å²) in [5.41, 5.74) is 11.9. The Morgan fingerprint density at radius 3 is 2.71 bits per heavy atom. The molecule has 0 amide bonds. The summed E-state index contributed by atoms with van der Waals surface area (Å²) < 4.78 is 8.02. The molecular weight excluding hydrogens is 262 g/mol. The molecule has 0 bridgehead atoms. The molecule has 4 heteroatoms. The fraction of sp³-hybridized carbons (Fsp3) is 0.235. The minimum atomic E-state index is 0.448. The summed E-state index contributed by atoms with van der Waals surface area (Å²) in [6.07, 6.45) is 2.00. The molecule has 2 aromatic heterocycles. The topological polar surface area (TPSA) is 52.5 Å². The summed E-state index contributed by atoms with van der Waals surface area (Å²) in [6, 6.07) is 9.80. The molecule has 0 fully saturated rings. The minimum absolute atomic E-state index is 0.448. The van der Waals surface area contributed by atoms with E-state index in [9.17, 15) is 0 Å². The van der Waals surface area contributed by atoms with Gasteiger partial charge in [0.25, 0.3) is 0 Å². The van der Waals surface area contributed by atoms with Gasteiger partial charge in [0.1, 0.15) is 6.61 Å². The summed E-state index contributed by atoms with van der Waals surface area (Å²) in [7, 11) is 0. The Labute approximate surface area is 124 Å². The maximum absolute atomic E-state index is 6.03. The average molecular weight is 281 g/mol. The molecule has 0 unspecified atom stereocenters. The molecule has 3 rings (SSSR count). The molecule has 0 radical (unpaired) electrons. The van der Waals surface area contributed by atoms with E-state index in [1.54, 1.807) is 0 Å². The normalized spacial score (nSPS) is 11.0. The van der Waals surface area contributed by atoms with Gasteiger partial charge in [-0.2, -0.15) is 0 Å². The SMILES string of the molecule is Cc1cccc(N)c1COc1cccn2c(C)c(C)nc12. The molecule has 1 aromatic carbocycles. The molecule has 21 heavy (non-hydrogen) atoms. The van der Waals surface area contributed by atoms with Crippen LogP contribution in [0, 0.1) is 20.8 Å². The van der Waals surface area contributed by atoms with E-state index in [4.69, 9.17) is 10.5 Å². The number of ether oxygens (including phenoxy) is 1. The van der Waals surface area contributed by atoms with Crippen molar-refractivity contribution in [1.82, 2.24) is 9.38 Å². The number of aryl methyl sites for hydroxylation is 3. The average Bonchev–Trinajstić information content (AvgIpc) is 2.75. The number of nitrogens with zero attached hydrogens (tertiary/aromatic N) is 2. The first-order valence-electron chi connectivity index (χ1n) is 6.99. The van der Waals surface area contributed by atoms with Crippen molar-refractivity contribution < 1.29 is 4.74 Å². The number of benzene rings is 1. The van der Waals surface area contributed by atoms with Crippen molar-refractivity contribution in [3.05, 3.63) is 59.0 Å². The van der Waals surface area contributed by atoms with Crippen LogP contribution in [0.1, 0.15) is 22.5 Å². The third-order valence-corrected chi connectivity index (χ3v) is 3.91. The fourth-order valence-electron chi connectivity index (χ4n) is 2.46. The van der Waals surface area contributed by atoms with E-state index < -0.39 is 0 Å². The number of hydrogen-bond donors (Lipinski definition) is 1. The molecule has 0 saturated carbocycles. The Morgan fingerprint density at radius 2 is 1.95 bits per heavy atom. The molecule has 3 aromatic rings. The Morgan fingerprint density at radius 1 is 1.14 bits per heavy atom. The van der Waals surface area contributed by atoms with E-state index in [1.807, 2.05) is 54.8 Å². The predicted octanol–water partition coefficient (Wildman–Crippen LogP) is 3.42. The number of nitrogens with two attached hydrogens (primary N) is 1. The maximum Gasteiger partial charge on any atom is 0.180 e. The van der Waals surface area contributed by atoms with Crippen LogP contribution in [0.2, 0.25) is 0 Å². The van der Waals surface area contributed by atoms with Gasteiger partial charge in [-0.15, -0.1) is 0 Å². The van der Waals surface area contributed by atoms with Gasteiger partial charge in [0.2, 0.25) is 0 Å². The summed E-state index contributed by atoms with van der Waals surface area (Å²) in [6.45, 7) is 6.55. The third-order valence-electron chi connectivity index (χ3n) is 3.91.